The molecule has 184 valence electrons. The maximum Gasteiger partial charge on any atom is 0.290 e. The Morgan fingerprint density at radius 2 is 2.03 bits per heavy atom. The summed E-state index contributed by atoms with van der Waals surface area (Å²) >= 11 is 0. The van der Waals surface area contributed by atoms with E-state index in [1.165, 1.54) is 12.8 Å². The SMILES string of the molecule is COc1cccc2c1OCc1cn(nn1)CCCC(=O)N1CCC3(CCCN(C2)C3)C1.O=CO. The van der Waals surface area contributed by atoms with Gasteiger partial charge in [0.05, 0.1) is 13.3 Å². The number of rotatable bonds is 1. The van der Waals surface area contributed by atoms with E-state index in [1.54, 1.807) is 11.8 Å². The molecule has 0 radical (unpaired) electrons. The van der Waals surface area contributed by atoms with Gasteiger partial charge in [0, 0.05) is 50.1 Å². The summed E-state index contributed by atoms with van der Waals surface area (Å²) in [6, 6.07) is 6.08. The lowest BCUT2D eigenvalue weighted by Gasteiger charge is -2.40. The number of fused-ring (bicyclic) bond motifs is 5. The van der Waals surface area contributed by atoms with E-state index in [4.69, 9.17) is 19.4 Å². The zero-order valence-corrected chi connectivity index (χ0v) is 19.7. The van der Waals surface area contributed by atoms with Gasteiger partial charge in [-0.1, -0.05) is 17.3 Å². The third-order valence-electron chi connectivity index (χ3n) is 6.93. The number of methoxy groups -OCH3 is 1. The number of benzene rings is 1. The van der Waals surface area contributed by atoms with E-state index < -0.39 is 0 Å². The van der Waals surface area contributed by atoms with Crippen LogP contribution in [-0.2, 0) is 29.3 Å². The number of carbonyl (C=O) groups is 2. The normalized spacial score (nSPS) is 24.7. The predicted octanol–water partition coefficient (Wildman–Crippen LogP) is 2.17. The minimum Gasteiger partial charge on any atom is -0.493 e. The van der Waals surface area contributed by atoms with Crippen molar-refractivity contribution in [1.82, 2.24) is 24.8 Å². The van der Waals surface area contributed by atoms with Crippen molar-refractivity contribution in [2.45, 2.75) is 51.8 Å². The summed E-state index contributed by atoms with van der Waals surface area (Å²) in [5.41, 5.74) is 2.12. The van der Waals surface area contributed by atoms with Gasteiger partial charge in [0.1, 0.15) is 12.3 Å². The Balaban J connectivity index is 0.000000868. The van der Waals surface area contributed by atoms with E-state index >= 15 is 0 Å². The molecule has 5 bridgehead atoms. The van der Waals surface area contributed by atoms with Crippen LogP contribution in [0.5, 0.6) is 11.5 Å². The number of aryl methyl sites for hydroxylation is 1. The predicted molar refractivity (Wildman–Crippen MR) is 123 cm³/mol. The fraction of sp³-hybridized carbons (Fsp3) is 0.583. The summed E-state index contributed by atoms with van der Waals surface area (Å²) < 4.78 is 13.6. The molecule has 0 aliphatic carbocycles. The van der Waals surface area contributed by atoms with Crippen LogP contribution in [0.1, 0.15) is 43.4 Å². The van der Waals surface area contributed by atoms with Gasteiger partial charge in [0.25, 0.3) is 6.47 Å². The van der Waals surface area contributed by atoms with E-state index in [2.05, 4.69) is 26.2 Å². The summed E-state index contributed by atoms with van der Waals surface area (Å²) in [4.78, 5) is 25.8. The van der Waals surface area contributed by atoms with Gasteiger partial charge >= 0.3 is 0 Å². The Kier molecular flexibility index (Phi) is 7.66. The number of nitrogens with zero attached hydrogens (tertiary/aromatic N) is 5. The Morgan fingerprint density at radius 1 is 1.18 bits per heavy atom. The third-order valence-corrected chi connectivity index (χ3v) is 6.93. The van der Waals surface area contributed by atoms with Gasteiger partial charge in [-0.3, -0.25) is 19.2 Å². The van der Waals surface area contributed by atoms with Gasteiger partial charge in [-0.05, 0) is 38.3 Å². The number of carbonyl (C=O) groups excluding carboxylic acids is 1. The molecular weight excluding hydrogens is 438 g/mol. The van der Waals surface area contributed by atoms with Crippen molar-refractivity contribution in [1.29, 1.82) is 0 Å². The maximum atomic E-state index is 12.8. The average Bonchev–Trinajstić information content (AvgIpc) is 3.45. The van der Waals surface area contributed by atoms with E-state index in [1.807, 2.05) is 18.3 Å². The second-order valence-electron chi connectivity index (χ2n) is 9.30. The highest BCUT2D eigenvalue weighted by Crippen LogP contribution is 2.41. The number of carboxylic acid groups (broad SMARTS) is 1. The molecule has 3 aliphatic heterocycles. The number of piperidine rings is 1. The molecule has 5 rings (SSSR count). The molecule has 1 N–H and O–H groups in total. The molecule has 10 nitrogen and oxygen atoms in total. The topological polar surface area (TPSA) is 110 Å². The highest BCUT2D eigenvalue weighted by atomic mass is 16.5. The molecule has 1 spiro atoms. The number of amides is 1. The first kappa shape index (κ1) is 24.0. The van der Waals surface area contributed by atoms with Crippen LogP contribution in [0.2, 0.25) is 0 Å². The van der Waals surface area contributed by atoms with E-state index in [9.17, 15) is 4.79 Å². The van der Waals surface area contributed by atoms with Crippen molar-refractivity contribution >= 4 is 12.4 Å². The van der Waals surface area contributed by atoms with E-state index in [0.29, 0.717) is 19.6 Å². The van der Waals surface area contributed by atoms with Crippen LogP contribution in [0.3, 0.4) is 0 Å². The van der Waals surface area contributed by atoms with Crippen molar-refractivity contribution in [3.8, 4) is 11.5 Å². The second kappa shape index (κ2) is 10.9. The van der Waals surface area contributed by atoms with Crippen LogP contribution < -0.4 is 9.47 Å². The van der Waals surface area contributed by atoms with Crippen LogP contribution in [0.4, 0.5) is 0 Å². The Hall–Kier alpha value is -3.14. The summed E-state index contributed by atoms with van der Waals surface area (Å²) in [6.07, 6.45) is 6.71. The molecule has 10 heteroatoms. The zero-order valence-electron chi connectivity index (χ0n) is 19.7. The summed E-state index contributed by atoms with van der Waals surface area (Å²) in [7, 11) is 1.68. The van der Waals surface area contributed by atoms with Crippen molar-refractivity contribution in [2.75, 3.05) is 33.3 Å². The molecule has 2 aromatic rings. The van der Waals surface area contributed by atoms with Gasteiger partial charge < -0.3 is 19.5 Å². The standard InChI is InChI=1S/C23H31N5O3.CH2O2/c1-30-20-6-2-5-18-13-26-10-4-8-23(16-26)9-12-27(17-23)21(29)7-3-11-28-14-19(24-25-28)15-31-22(18)20;2-1-3/h2,5-6,14H,3-4,7-13,15-17H2,1H3;1H,(H,2,3). The Bertz CT molecular complexity index is 996. The van der Waals surface area contributed by atoms with Crippen LogP contribution in [0.15, 0.2) is 24.4 Å². The molecule has 2 fully saturated rings. The van der Waals surface area contributed by atoms with Crippen LogP contribution in [0, 0.1) is 5.41 Å². The highest BCUT2D eigenvalue weighted by Gasteiger charge is 2.42. The zero-order chi connectivity index (χ0) is 24.0. The number of para-hydroxylation sites is 1. The Morgan fingerprint density at radius 3 is 2.85 bits per heavy atom. The summed E-state index contributed by atoms with van der Waals surface area (Å²) in [5.74, 6) is 1.80. The van der Waals surface area contributed by atoms with E-state index in [-0.39, 0.29) is 17.8 Å². The third kappa shape index (κ3) is 5.49. The fourth-order valence-electron chi connectivity index (χ4n) is 5.39. The quantitative estimate of drug-likeness (QED) is 0.630. The highest BCUT2D eigenvalue weighted by molar-refractivity contribution is 5.76. The lowest BCUT2D eigenvalue weighted by molar-refractivity contribution is -0.131. The van der Waals surface area contributed by atoms with Crippen molar-refractivity contribution in [3.63, 3.8) is 0 Å². The molecule has 34 heavy (non-hydrogen) atoms. The number of hydrogen-bond acceptors (Lipinski definition) is 7. The van der Waals surface area contributed by atoms with Crippen LogP contribution in [0.25, 0.3) is 0 Å². The molecule has 1 aromatic heterocycles. The largest absolute Gasteiger partial charge is 0.493 e. The van der Waals surface area contributed by atoms with Crippen LogP contribution >= 0.6 is 0 Å². The van der Waals surface area contributed by atoms with Gasteiger partial charge in [-0.2, -0.15) is 0 Å². The fourth-order valence-corrected chi connectivity index (χ4v) is 5.39. The molecule has 0 saturated carbocycles. The van der Waals surface area contributed by atoms with Gasteiger partial charge in [-0.15, -0.1) is 5.10 Å². The van der Waals surface area contributed by atoms with Gasteiger partial charge in [0.15, 0.2) is 11.5 Å². The lowest BCUT2D eigenvalue weighted by Crippen LogP contribution is -2.45. The molecule has 1 aromatic carbocycles. The minimum atomic E-state index is -0.250. The maximum absolute atomic E-state index is 12.8. The van der Waals surface area contributed by atoms with Crippen LogP contribution in [-0.4, -0.2) is 75.6 Å². The number of ether oxygens (including phenoxy) is 2. The number of hydrogen-bond donors (Lipinski definition) is 1. The first-order chi connectivity index (χ1) is 16.6. The monoisotopic (exact) mass is 471 g/mol. The molecule has 4 heterocycles. The van der Waals surface area contributed by atoms with Crippen molar-refractivity contribution < 1.29 is 24.2 Å². The molecule has 1 amide bonds. The first-order valence-electron chi connectivity index (χ1n) is 11.8. The average molecular weight is 472 g/mol. The molecular formula is C24H33N5O5. The molecule has 3 aliphatic rings. The van der Waals surface area contributed by atoms with Crippen molar-refractivity contribution in [2.24, 2.45) is 5.41 Å². The van der Waals surface area contributed by atoms with Gasteiger partial charge in [0.2, 0.25) is 5.91 Å². The molecule has 2 unspecified atom stereocenters. The smallest absolute Gasteiger partial charge is 0.290 e. The summed E-state index contributed by atoms with van der Waals surface area (Å²) in [5, 5.41) is 15.3. The second-order valence-corrected chi connectivity index (χ2v) is 9.30. The molecule has 2 atom stereocenters. The van der Waals surface area contributed by atoms with Gasteiger partial charge in [-0.25, -0.2) is 0 Å². The lowest BCUT2D eigenvalue weighted by atomic mass is 9.79. The molecule has 2 saturated heterocycles. The first-order valence-corrected chi connectivity index (χ1v) is 11.8. The van der Waals surface area contributed by atoms with Crippen molar-refractivity contribution in [3.05, 3.63) is 35.7 Å². The van der Waals surface area contributed by atoms with E-state index in [0.717, 1.165) is 68.3 Å². The summed E-state index contributed by atoms with van der Waals surface area (Å²) in [6.45, 7) is 5.45. The minimum absolute atomic E-state index is 0.224. The number of aromatic nitrogens is 3. The Labute approximate surface area is 199 Å².